The summed E-state index contributed by atoms with van der Waals surface area (Å²) in [5.41, 5.74) is 9.21. The van der Waals surface area contributed by atoms with Crippen LogP contribution in [0.2, 0.25) is 5.02 Å². The van der Waals surface area contributed by atoms with Gasteiger partial charge in [0.05, 0.1) is 23.0 Å². The van der Waals surface area contributed by atoms with Crippen LogP contribution in [-0.2, 0) is 11.3 Å². The van der Waals surface area contributed by atoms with E-state index in [1.165, 1.54) is 11.8 Å². The molecule has 0 amide bonds. The highest BCUT2D eigenvalue weighted by atomic mass is 35.5. The number of nitrogens with two attached hydrogens (primary N) is 1. The molecule has 17 heteroatoms. The maximum absolute atomic E-state index is 10.6. The predicted molar refractivity (Wildman–Crippen MR) is 155 cm³/mol. The number of anilines is 1. The van der Waals surface area contributed by atoms with Gasteiger partial charge in [0.15, 0.2) is 11.5 Å². The summed E-state index contributed by atoms with van der Waals surface area (Å²) in [7, 11) is 0. The summed E-state index contributed by atoms with van der Waals surface area (Å²) in [5, 5.41) is 17.1. The van der Waals surface area contributed by atoms with Crippen molar-refractivity contribution in [2.45, 2.75) is 41.5 Å². The van der Waals surface area contributed by atoms with E-state index in [-0.39, 0.29) is 11.5 Å². The lowest BCUT2D eigenvalue weighted by molar-refractivity contribution is -0.192. The van der Waals surface area contributed by atoms with Crippen LogP contribution in [0.5, 0.6) is 0 Å². The molecule has 7 rings (SSSR count). The highest BCUT2D eigenvalue weighted by molar-refractivity contribution is 7.99. The number of rotatable bonds is 4. The molecule has 2 aliphatic rings. The average Bonchev–Trinajstić information content (AvgIpc) is 3.75. The number of carbonyl (C=O) groups is 1. The summed E-state index contributed by atoms with van der Waals surface area (Å²) >= 11 is 8.09. The van der Waals surface area contributed by atoms with E-state index in [9.17, 15) is 13.2 Å². The third-order valence-corrected chi connectivity index (χ3v) is 9.14. The summed E-state index contributed by atoms with van der Waals surface area (Å²) in [4.78, 5) is 30.6. The van der Waals surface area contributed by atoms with Crippen molar-refractivity contribution in [3.63, 3.8) is 0 Å². The lowest BCUT2D eigenvalue weighted by Gasteiger charge is -2.41. The van der Waals surface area contributed by atoms with Gasteiger partial charge in [-0.25, -0.2) is 29.4 Å². The SMILES string of the molecule is N[C@@H]1c2ccnn2CC12CCN(c1cnc3nc(Sc4ccnc(-n5cccn5)c4Cl)ccc3n1)CC2.O=C(O)C(F)(F)F. The summed E-state index contributed by atoms with van der Waals surface area (Å²) in [6.07, 6.45) is 5.78. The van der Waals surface area contributed by atoms with Crippen molar-refractivity contribution >= 4 is 46.3 Å². The molecule has 5 aromatic heterocycles. The van der Waals surface area contributed by atoms with E-state index in [2.05, 4.69) is 29.7 Å². The van der Waals surface area contributed by atoms with Crippen LogP contribution in [0.4, 0.5) is 19.0 Å². The zero-order valence-electron chi connectivity index (χ0n) is 22.8. The molecular weight excluding hydrogens is 621 g/mol. The Balaban J connectivity index is 0.000000441. The lowest BCUT2D eigenvalue weighted by Crippen LogP contribution is -2.45. The minimum Gasteiger partial charge on any atom is -0.475 e. The van der Waals surface area contributed by atoms with Crippen LogP contribution in [0.3, 0.4) is 0 Å². The molecule has 1 spiro atoms. The van der Waals surface area contributed by atoms with Crippen molar-refractivity contribution < 1.29 is 23.1 Å². The molecule has 1 saturated heterocycles. The number of halogens is 4. The number of hydrogen-bond donors (Lipinski definition) is 2. The summed E-state index contributed by atoms with van der Waals surface area (Å²) in [6, 6.07) is 9.68. The Labute approximate surface area is 257 Å². The highest BCUT2D eigenvalue weighted by Gasteiger charge is 2.47. The van der Waals surface area contributed by atoms with E-state index in [4.69, 9.17) is 37.2 Å². The first-order valence-corrected chi connectivity index (χ1v) is 14.5. The Hall–Kier alpha value is -4.28. The fraction of sp³-hybridized carbons (Fsp3) is 0.296. The highest BCUT2D eigenvalue weighted by Crippen LogP contribution is 2.48. The first kappa shape index (κ1) is 29.8. The fourth-order valence-electron chi connectivity index (χ4n) is 5.35. The molecule has 228 valence electrons. The Bertz CT molecular complexity index is 1810. The molecule has 0 saturated carbocycles. The number of aromatic nitrogens is 8. The van der Waals surface area contributed by atoms with Gasteiger partial charge in [0.2, 0.25) is 0 Å². The standard InChI is InChI=1S/C25H23ClN10S.C2HF3O2/c26-21-18(5-9-28-24(21)35-11-1-8-30-35)37-20-3-2-16-23(33-20)29-14-19(32-16)34-12-6-25(7-13-34)15-36-17(22(25)27)4-10-31-36;3-2(4,5)1(6)7/h1-5,8-11,14,22H,6-7,12-13,15,27H2;(H,6,7)/t22-;/m1./s1. The molecule has 1 fully saturated rings. The van der Waals surface area contributed by atoms with Gasteiger partial charge >= 0.3 is 12.1 Å². The number of piperidine rings is 1. The molecule has 7 heterocycles. The second-order valence-corrected chi connectivity index (χ2v) is 11.7. The molecule has 2 aliphatic heterocycles. The number of carboxylic acid groups (broad SMARTS) is 1. The molecule has 0 aromatic carbocycles. The molecule has 1 atom stereocenters. The first-order valence-electron chi connectivity index (χ1n) is 13.3. The van der Waals surface area contributed by atoms with Crippen LogP contribution in [0.1, 0.15) is 24.6 Å². The zero-order chi connectivity index (χ0) is 31.1. The second-order valence-electron chi connectivity index (χ2n) is 10.3. The van der Waals surface area contributed by atoms with Gasteiger partial charge in [0.25, 0.3) is 0 Å². The van der Waals surface area contributed by atoms with Gasteiger partial charge < -0.3 is 15.7 Å². The number of aliphatic carboxylic acids is 1. The molecule has 12 nitrogen and oxygen atoms in total. The molecule has 0 unspecified atom stereocenters. The quantitative estimate of drug-likeness (QED) is 0.283. The molecule has 44 heavy (non-hydrogen) atoms. The van der Waals surface area contributed by atoms with Gasteiger partial charge in [-0.1, -0.05) is 23.4 Å². The van der Waals surface area contributed by atoms with E-state index in [1.807, 2.05) is 48.9 Å². The largest absolute Gasteiger partial charge is 0.490 e. The van der Waals surface area contributed by atoms with Crippen molar-refractivity contribution in [1.82, 2.24) is 39.5 Å². The molecule has 5 aromatic rings. The average molecular weight is 645 g/mol. The zero-order valence-corrected chi connectivity index (χ0v) is 24.3. The van der Waals surface area contributed by atoms with E-state index in [0.717, 1.165) is 59.4 Å². The summed E-state index contributed by atoms with van der Waals surface area (Å²) in [5.74, 6) is -1.31. The molecule has 0 radical (unpaired) electrons. The van der Waals surface area contributed by atoms with Crippen molar-refractivity contribution in [1.29, 1.82) is 0 Å². The van der Waals surface area contributed by atoms with Crippen molar-refractivity contribution in [3.05, 3.63) is 72.0 Å². The smallest absolute Gasteiger partial charge is 0.475 e. The van der Waals surface area contributed by atoms with E-state index >= 15 is 0 Å². The van der Waals surface area contributed by atoms with Crippen molar-refractivity contribution in [3.8, 4) is 5.82 Å². The number of alkyl halides is 3. The van der Waals surface area contributed by atoms with Gasteiger partial charge in [-0.2, -0.15) is 23.4 Å². The maximum atomic E-state index is 10.6. The van der Waals surface area contributed by atoms with Gasteiger partial charge in [-0.3, -0.25) is 4.68 Å². The van der Waals surface area contributed by atoms with Gasteiger partial charge in [-0.15, -0.1) is 0 Å². The Morgan fingerprint density at radius 3 is 2.52 bits per heavy atom. The Morgan fingerprint density at radius 1 is 1.07 bits per heavy atom. The van der Waals surface area contributed by atoms with Crippen molar-refractivity contribution in [2.24, 2.45) is 11.1 Å². The van der Waals surface area contributed by atoms with Crippen LogP contribution < -0.4 is 10.6 Å². The van der Waals surface area contributed by atoms with Crippen LogP contribution in [0, 0.1) is 5.41 Å². The number of fused-ring (bicyclic) bond motifs is 2. The molecular formula is C27H24ClF3N10O2S. The predicted octanol–water partition coefficient (Wildman–Crippen LogP) is 4.54. The monoisotopic (exact) mass is 644 g/mol. The number of hydrogen-bond acceptors (Lipinski definition) is 10. The van der Waals surface area contributed by atoms with Crippen LogP contribution in [-0.4, -0.2) is 69.8 Å². The van der Waals surface area contributed by atoms with Gasteiger partial charge in [0, 0.05) is 54.7 Å². The van der Waals surface area contributed by atoms with E-state index in [1.54, 1.807) is 17.1 Å². The molecule has 0 bridgehead atoms. The maximum Gasteiger partial charge on any atom is 0.490 e. The topological polar surface area (TPSA) is 154 Å². The first-order chi connectivity index (χ1) is 21.0. The van der Waals surface area contributed by atoms with Gasteiger partial charge in [0.1, 0.15) is 16.4 Å². The normalized spacial score (nSPS) is 17.4. The fourth-order valence-corrected chi connectivity index (χ4v) is 6.46. The van der Waals surface area contributed by atoms with Crippen LogP contribution >= 0.6 is 23.4 Å². The molecule has 0 aliphatic carbocycles. The van der Waals surface area contributed by atoms with Gasteiger partial charge in [-0.05, 0) is 43.2 Å². The second kappa shape index (κ2) is 11.7. The molecule has 3 N–H and O–H groups in total. The van der Waals surface area contributed by atoms with E-state index < -0.39 is 12.1 Å². The number of pyridine rings is 2. The summed E-state index contributed by atoms with van der Waals surface area (Å²) < 4.78 is 35.4. The number of nitrogens with zero attached hydrogens (tertiary/aromatic N) is 9. The minimum absolute atomic E-state index is 0.0319. The Kier molecular flexibility index (Phi) is 7.89. The minimum atomic E-state index is -5.08. The van der Waals surface area contributed by atoms with Crippen LogP contribution in [0.15, 0.2) is 71.2 Å². The van der Waals surface area contributed by atoms with Crippen molar-refractivity contribution in [2.75, 3.05) is 18.0 Å². The Morgan fingerprint density at radius 2 is 1.84 bits per heavy atom. The summed E-state index contributed by atoms with van der Waals surface area (Å²) in [6.45, 7) is 2.67. The third-order valence-electron chi connectivity index (χ3n) is 7.66. The lowest BCUT2D eigenvalue weighted by atomic mass is 9.73. The third kappa shape index (κ3) is 5.79. The number of carboxylic acids is 1. The van der Waals surface area contributed by atoms with E-state index in [0.29, 0.717) is 16.5 Å². The van der Waals surface area contributed by atoms with Crippen LogP contribution in [0.25, 0.3) is 17.0 Å².